The van der Waals surface area contributed by atoms with Gasteiger partial charge in [0.15, 0.2) is 6.10 Å². The molecule has 2 unspecified atom stereocenters. The second kappa shape index (κ2) is 62.0. The van der Waals surface area contributed by atoms with Crippen LogP contribution in [0, 0.1) is 0 Å². The Hall–Kier alpha value is -4.05. The van der Waals surface area contributed by atoms with E-state index in [0.717, 1.165) is 83.5 Å². The van der Waals surface area contributed by atoms with E-state index in [0.29, 0.717) is 23.9 Å². The molecule has 0 fully saturated rings. The third-order valence-electron chi connectivity index (χ3n) is 14.0. The number of carbonyl (C=O) groups excluding carboxylic acids is 2. The molecule has 0 heterocycles. The third-order valence-corrected chi connectivity index (χ3v) is 14.0. The van der Waals surface area contributed by atoms with Gasteiger partial charge in [0, 0.05) is 12.8 Å². The smallest absolute Gasteiger partial charge is 0.361 e. The first-order valence-electron chi connectivity index (χ1n) is 33.1. The highest BCUT2D eigenvalue weighted by molar-refractivity contribution is 5.71. The van der Waals surface area contributed by atoms with Crippen LogP contribution in [0.1, 0.15) is 271 Å². The molecule has 0 aromatic heterocycles. The predicted molar refractivity (Wildman–Crippen MR) is 345 cm³/mol. The van der Waals surface area contributed by atoms with Gasteiger partial charge in [-0.05, 0) is 103 Å². The molecule has 9 nitrogen and oxygen atoms in total. The van der Waals surface area contributed by atoms with Crippen LogP contribution in [0.2, 0.25) is 0 Å². The van der Waals surface area contributed by atoms with Crippen LogP contribution in [0.15, 0.2) is 109 Å². The molecule has 0 saturated carbocycles. The van der Waals surface area contributed by atoms with Crippen molar-refractivity contribution in [3.05, 3.63) is 109 Å². The van der Waals surface area contributed by atoms with Crippen LogP contribution in [0.3, 0.4) is 0 Å². The lowest BCUT2D eigenvalue weighted by Crippen LogP contribution is -2.40. The molecule has 0 aromatic rings. The van der Waals surface area contributed by atoms with Crippen molar-refractivity contribution in [3.8, 4) is 0 Å². The van der Waals surface area contributed by atoms with E-state index in [2.05, 4.69) is 123 Å². The van der Waals surface area contributed by atoms with Gasteiger partial charge in [-0.2, -0.15) is 0 Å². The molecule has 2 atom stereocenters. The highest BCUT2D eigenvalue weighted by atomic mass is 16.7. The van der Waals surface area contributed by atoms with Gasteiger partial charge in [0.05, 0.1) is 34.4 Å². The van der Waals surface area contributed by atoms with Gasteiger partial charge in [0.2, 0.25) is 0 Å². The summed E-state index contributed by atoms with van der Waals surface area (Å²) >= 11 is 0. The van der Waals surface area contributed by atoms with Gasteiger partial charge < -0.3 is 28.5 Å². The summed E-state index contributed by atoms with van der Waals surface area (Å²) in [6, 6.07) is 0. The first-order valence-corrected chi connectivity index (χ1v) is 33.1. The Morgan fingerprint density at radius 2 is 0.704 bits per heavy atom. The normalized spacial score (nSPS) is 13.4. The van der Waals surface area contributed by atoms with Gasteiger partial charge in [0.25, 0.3) is 6.29 Å². The highest BCUT2D eigenvalue weighted by Gasteiger charge is 2.25. The first-order chi connectivity index (χ1) is 39.6. The fourth-order valence-corrected chi connectivity index (χ4v) is 8.97. The summed E-state index contributed by atoms with van der Waals surface area (Å²) in [5.41, 5.74) is 0. The van der Waals surface area contributed by atoms with Crippen LogP contribution in [-0.4, -0.2) is 87.4 Å². The minimum atomic E-state index is -1.52. The third kappa shape index (κ3) is 63.4. The zero-order chi connectivity index (χ0) is 59.1. The van der Waals surface area contributed by atoms with Crippen LogP contribution in [0.4, 0.5) is 0 Å². The van der Waals surface area contributed by atoms with Crippen molar-refractivity contribution < 1.29 is 42.9 Å². The molecule has 464 valence electrons. The summed E-state index contributed by atoms with van der Waals surface area (Å²) in [6.45, 7) is 4.76. The molecule has 0 rings (SSSR count). The Bertz CT molecular complexity index is 1700. The van der Waals surface area contributed by atoms with Crippen LogP contribution in [0.5, 0.6) is 0 Å². The topological polar surface area (TPSA) is 108 Å². The standard InChI is InChI=1S/C72H123NO8/c1-6-8-10-12-14-16-18-20-22-24-25-26-27-28-29-30-31-32-33-34-35-36-37-38-39-40-41-42-43-44-45-47-49-51-53-55-57-59-61-63-70(75)81-68(67-80-72(71(76)77)78-65-64-73(3,4)5)66-79-69(74)62-60-58-56-54-52-50-48-46-23-21-19-17-15-13-11-9-7-2/h8,10,14,16,20-23,25-26,28-29,31-32,34-35,37-38,68,72H,6-7,9,11-13,15,17-19,24,27,30,33,36,39-67H2,1-5H3/p+1/b10-8-,16-14-,22-20-,23-21-,26-25-,29-28-,32-31-,35-34-,38-37-. The van der Waals surface area contributed by atoms with E-state index < -0.39 is 24.3 Å². The lowest BCUT2D eigenvalue weighted by atomic mass is 10.0. The minimum absolute atomic E-state index is 0.184. The maximum absolute atomic E-state index is 12.9. The van der Waals surface area contributed by atoms with Crippen molar-refractivity contribution in [3.63, 3.8) is 0 Å². The summed E-state index contributed by atoms with van der Waals surface area (Å²) in [4.78, 5) is 37.5. The molecular formula is C72H124NO8+. The summed E-state index contributed by atoms with van der Waals surface area (Å²) in [6.07, 6.45) is 83.3. The van der Waals surface area contributed by atoms with E-state index in [9.17, 15) is 19.5 Å². The van der Waals surface area contributed by atoms with E-state index >= 15 is 0 Å². The number of hydrogen-bond donors (Lipinski definition) is 1. The van der Waals surface area contributed by atoms with E-state index in [4.69, 9.17) is 18.9 Å². The minimum Gasteiger partial charge on any atom is -0.477 e. The second-order valence-electron chi connectivity index (χ2n) is 23.0. The number of ether oxygens (including phenoxy) is 4. The second-order valence-corrected chi connectivity index (χ2v) is 23.0. The molecule has 0 spiro atoms. The van der Waals surface area contributed by atoms with Crippen molar-refractivity contribution >= 4 is 17.9 Å². The van der Waals surface area contributed by atoms with E-state index in [1.54, 1.807) is 0 Å². The number of hydrogen-bond acceptors (Lipinski definition) is 7. The molecular weight excluding hydrogens is 1010 g/mol. The van der Waals surface area contributed by atoms with Gasteiger partial charge in [-0.3, -0.25) is 9.59 Å². The SMILES string of the molecule is CC/C=C\C/C=C\C/C=C\C/C=C\C/C=C\C/C=C\C/C=C\C/C=C\CCCCCCCCCCCCCCCCC(=O)OC(COC(=O)CCCCCCCCC/C=C\CCCCCCCC)COC(OCC[N+](C)(C)C)C(=O)O. The number of carbonyl (C=O) groups is 3. The number of carboxylic acids is 1. The van der Waals surface area contributed by atoms with Gasteiger partial charge in [-0.15, -0.1) is 0 Å². The Balaban J connectivity index is 4.10. The van der Waals surface area contributed by atoms with E-state index in [-0.39, 0.29) is 32.2 Å². The number of quaternary nitrogens is 1. The molecule has 0 radical (unpaired) electrons. The number of esters is 2. The van der Waals surface area contributed by atoms with Gasteiger partial charge in [-0.1, -0.05) is 264 Å². The zero-order valence-corrected chi connectivity index (χ0v) is 52.9. The van der Waals surface area contributed by atoms with Gasteiger partial charge >= 0.3 is 17.9 Å². The number of unbranched alkanes of at least 4 members (excludes halogenated alkanes) is 27. The van der Waals surface area contributed by atoms with Crippen molar-refractivity contribution in [1.82, 2.24) is 0 Å². The average Bonchev–Trinajstić information content (AvgIpc) is 3.44. The lowest BCUT2D eigenvalue weighted by molar-refractivity contribution is -0.870. The van der Waals surface area contributed by atoms with Crippen LogP contribution in [0.25, 0.3) is 0 Å². The maximum Gasteiger partial charge on any atom is 0.361 e. The predicted octanol–water partition coefficient (Wildman–Crippen LogP) is 20.2. The lowest BCUT2D eigenvalue weighted by Gasteiger charge is -2.25. The molecule has 0 saturated heterocycles. The molecule has 81 heavy (non-hydrogen) atoms. The Kier molecular flexibility index (Phi) is 58.9. The van der Waals surface area contributed by atoms with Crippen molar-refractivity contribution in [2.45, 2.75) is 283 Å². The number of likely N-dealkylation sites (N-methyl/N-ethyl adjacent to an activating group) is 1. The van der Waals surface area contributed by atoms with E-state index in [1.807, 2.05) is 21.1 Å². The summed E-state index contributed by atoms with van der Waals surface area (Å²) < 4.78 is 22.9. The Labute approximate surface area is 498 Å². The fraction of sp³-hybridized carbons (Fsp3) is 0.708. The quantitative estimate of drug-likeness (QED) is 0.0211. The van der Waals surface area contributed by atoms with Crippen molar-refractivity contribution in [2.24, 2.45) is 0 Å². The molecule has 0 aromatic carbocycles. The average molecular weight is 1130 g/mol. The number of rotatable bonds is 60. The molecule has 0 aliphatic heterocycles. The molecule has 0 amide bonds. The number of carboxylic acid groups (broad SMARTS) is 1. The molecule has 1 N–H and O–H groups in total. The highest BCUT2D eigenvalue weighted by Crippen LogP contribution is 2.16. The van der Waals surface area contributed by atoms with Crippen LogP contribution < -0.4 is 0 Å². The van der Waals surface area contributed by atoms with Gasteiger partial charge in [0.1, 0.15) is 13.2 Å². The largest absolute Gasteiger partial charge is 0.477 e. The van der Waals surface area contributed by atoms with E-state index in [1.165, 1.54) is 154 Å². The van der Waals surface area contributed by atoms with Crippen molar-refractivity contribution in [2.75, 3.05) is 47.5 Å². The number of nitrogens with zero attached hydrogens (tertiary/aromatic N) is 1. The summed E-state index contributed by atoms with van der Waals surface area (Å²) in [5.74, 6) is -2.01. The Morgan fingerprint density at radius 1 is 0.383 bits per heavy atom. The molecule has 9 heteroatoms. The fourth-order valence-electron chi connectivity index (χ4n) is 8.97. The zero-order valence-electron chi connectivity index (χ0n) is 52.9. The molecule has 0 bridgehead atoms. The summed E-state index contributed by atoms with van der Waals surface area (Å²) in [7, 11) is 5.97. The number of allylic oxidation sites excluding steroid dienone is 18. The molecule has 0 aliphatic rings. The van der Waals surface area contributed by atoms with Crippen LogP contribution in [-0.2, 0) is 33.3 Å². The molecule has 0 aliphatic carbocycles. The Morgan fingerprint density at radius 3 is 1.06 bits per heavy atom. The van der Waals surface area contributed by atoms with Crippen LogP contribution >= 0.6 is 0 Å². The first kappa shape index (κ1) is 77.0. The monoisotopic (exact) mass is 1130 g/mol. The maximum atomic E-state index is 12.9. The van der Waals surface area contributed by atoms with Crippen molar-refractivity contribution in [1.29, 1.82) is 0 Å². The van der Waals surface area contributed by atoms with Gasteiger partial charge in [-0.25, -0.2) is 4.79 Å². The number of aliphatic carboxylic acids is 1. The summed E-state index contributed by atoms with van der Waals surface area (Å²) in [5, 5.41) is 9.72.